The van der Waals surface area contributed by atoms with Gasteiger partial charge in [0.25, 0.3) is 0 Å². The van der Waals surface area contributed by atoms with E-state index < -0.39 is 0 Å². The Hall–Kier alpha value is -2.97. The van der Waals surface area contributed by atoms with E-state index in [1.807, 2.05) is 35.0 Å². The Morgan fingerprint density at radius 2 is 2.17 bits per heavy atom. The Bertz CT molecular complexity index is 1090. The monoisotopic (exact) mass is 424 g/mol. The molecule has 9 heteroatoms. The zero-order chi connectivity index (χ0) is 20.7. The van der Waals surface area contributed by atoms with Gasteiger partial charge in [-0.1, -0.05) is 23.7 Å². The fraction of sp³-hybridized carbons (Fsp3) is 0.333. The minimum atomic E-state index is 0.0201. The molecule has 0 aliphatic carbocycles. The van der Waals surface area contributed by atoms with E-state index in [-0.39, 0.29) is 18.5 Å². The molecule has 1 saturated heterocycles. The minimum Gasteiger partial charge on any atom is -0.379 e. The summed E-state index contributed by atoms with van der Waals surface area (Å²) in [7, 11) is 1.76. The molecular weight excluding hydrogens is 404 g/mol. The molecule has 0 radical (unpaired) electrons. The van der Waals surface area contributed by atoms with Gasteiger partial charge in [-0.25, -0.2) is 9.97 Å². The molecule has 0 bridgehead atoms. The number of carbonyl (C=O) groups excluding carboxylic acids is 1. The van der Waals surface area contributed by atoms with Crippen LogP contribution in [0.1, 0.15) is 12.8 Å². The fourth-order valence-electron chi connectivity index (χ4n) is 3.96. The third kappa shape index (κ3) is 3.32. The van der Waals surface area contributed by atoms with E-state index in [9.17, 15) is 4.79 Å². The van der Waals surface area contributed by atoms with Gasteiger partial charge >= 0.3 is 0 Å². The van der Waals surface area contributed by atoms with E-state index in [2.05, 4.69) is 14.9 Å². The van der Waals surface area contributed by atoms with Gasteiger partial charge in [-0.3, -0.25) is 9.36 Å². The summed E-state index contributed by atoms with van der Waals surface area (Å²) in [6.45, 7) is 1.63. The molecular formula is C21H21ClN6O2. The van der Waals surface area contributed by atoms with Gasteiger partial charge in [-0.2, -0.15) is 4.98 Å². The summed E-state index contributed by atoms with van der Waals surface area (Å²) in [4.78, 5) is 30.1. The molecule has 1 amide bonds. The number of aromatic nitrogens is 4. The number of nitrogens with zero attached hydrogens (tertiary/aromatic N) is 6. The van der Waals surface area contributed by atoms with Crippen molar-refractivity contribution in [3.8, 4) is 17.3 Å². The Morgan fingerprint density at radius 1 is 1.27 bits per heavy atom. The Kier molecular flexibility index (Phi) is 4.88. The van der Waals surface area contributed by atoms with Crippen LogP contribution >= 0.6 is 11.6 Å². The quantitative estimate of drug-likeness (QED) is 0.643. The molecule has 154 valence electrons. The Labute approximate surface area is 179 Å². The van der Waals surface area contributed by atoms with Gasteiger partial charge in [0.2, 0.25) is 11.9 Å². The highest BCUT2D eigenvalue weighted by Gasteiger charge is 2.34. The molecule has 3 aromatic rings. The number of halogens is 1. The lowest BCUT2D eigenvalue weighted by Crippen LogP contribution is -2.51. The van der Waals surface area contributed by atoms with Gasteiger partial charge < -0.3 is 14.5 Å². The minimum absolute atomic E-state index is 0.0201. The molecule has 2 aliphatic rings. The smallest absolute Gasteiger partial charge is 0.246 e. The molecule has 0 N–H and O–H groups in total. The molecule has 5 rings (SSSR count). The first-order valence-corrected chi connectivity index (χ1v) is 10.3. The number of hydrogen-bond donors (Lipinski definition) is 0. The molecule has 0 spiro atoms. The van der Waals surface area contributed by atoms with E-state index in [1.54, 1.807) is 24.3 Å². The number of carbonyl (C=O) groups is 1. The Balaban J connectivity index is 1.58. The summed E-state index contributed by atoms with van der Waals surface area (Å²) in [5.41, 5.74) is 1.57. The second-order valence-electron chi connectivity index (χ2n) is 7.46. The zero-order valence-corrected chi connectivity index (χ0v) is 17.3. The van der Waals surface area contributed by atoms with Crippen LogP contribution in [-0.2, 0) is 9.53 Å². The molecule has 1 fully saturated rings. The van der Waals surface area contributed by atoms with Gasteiger partial charge in [0.15, 0.2) is 5.82 Å². The first-order valence-electron chi connectivity index (χ1n) is 9.89. The van der Waals surface area contributed by atoms with E-state index in [4.69, 9.17) is 21.3 Å². The highest BCUT2D eigenvalue weighted by Crippen LogP contribution is 2.34. The predicted octanol–water partition coefficient (Wildman–Crippen LogP) is 2.94. The summed E-state index contributed by atoms with van der Waals surface area (Å²) in [6, 6.07) is 7.63. The van der Waals surface area contributed by atoms with Crippen molar-refractivity contribution in [3.05, 3.63) is 47.9 Å². The third-order valence-electron chi connectivity index (χ3n) is 5.57. The van der Waals surface area contributed by atoms with E-state index in [0.717, 1.165) is 30.8 Å². The van der Waals surface area contributed by atoms with E-state index in [0.29, 0.717) is 29.1 Å². The maximum absolute atomic E-state index is 12.6. The van der Waals surface area contributed by atoms with Gasteiger partial charge in [-0.15, -0.1) is 0 Å². The van der Waals surface area contributed by atoms with E-state index in [1.165, 1.54) is 0 Å². The highest BCUT2D eigenvalue weighted by molar-refractivity contribution is 6.30. The molecule has 30 heavy (non-hydrogen) atoms. The van der Waals surface area contributed by atoms with Crippen LogP contribution in [0.4, 0.5) is 11.5 Å². The number of fused-ring (bicyclic) bond motifs is 1. The number of imidazole rings is 1. The van der Waals surface area contributed by atoms with Crippen LogP contribution in [0.25, 0.3) is 17.3 Å². The number of amides is 1. The molecule has 1 aromatic carbocycles. The lowest BCUT2D eigenvalue weighted by Gasteiger charge is -2.40. The molecule has 0 saturated carbocycles. The summed E-state index contributed by atoms with van der Waals surface area (Å²) < 4.78 is 7.50. The average Bonchev–Trinajstić information content (AvgIpc) is 3.26. The summed E-state index contributed by atoms with van der Waals surface area (Å²) in [5, 5.41) is 0.636. The van der Waals surface area contributed by atoms with Crippen molar-refractivity contribution in [1.29, 1.82) is 0 Å². The van der Waals surface area contributed by atoms with Crippen LogP contribution in [0, 0.1) is 0 Å². The van der Waals surface area contributed by atoms with Gasteiger partial charge in [0.05, 0.1) is 25.4 Å². The van der Waals surface area contributed by atoms with Crippen molar-refractivity contribution in [2.75, 3.05) is 36.6 Å². The van der Waals surface area contributed by atoms with Crippen LogP contribution in [-0.4, -0.2) is 58.3 Å². The Morgan fingerprint density at radius 3 is 2.97 bits per heavy atom. The SMILES string of the molecule is CN1C(=O)CN(C2CCCOC2)c2nc(-n3ccnc3-c3cccc(Cl)c3)ncc21. The normalized spacial score (nSPS) is 19.1. The van der Waals surface area contributed by atoms with Crippen LogP contribution in [0.2, 0.25) is 5.02 Å². The van der Waals surface area contributed by atoms with Crippen molar-refractivity contribution in [3.63, 3.8) is 0 Å². The lowest BCUT2D eigenvalue weighted by atomic mass is 10.1. The predicted molar refractivity (Wildman–Crippen MR) is 114 cm³/mol. The average molecular weight is 425 g/mol. The summed E-state index contributed by atoms with van der Waals surface area (Å²) in [6.07, 6.45) is 7.17. The number of likely N-dealkylation sites (N-methyl/N-ethyl adjacent to an activating group) is 1. The summed E-state index contributed by atoms with van der Waals surface area (Å²) in [5.74, 6) is 1.95. The maximum Gasteiger partial charge on any atom is 0.246 e. The van der Waals surface area contributed by atoms with Crippen LogP contribution in [0.3, 0.4) is 0 Å². The first-order chi connectivity index (χ1) is 14.6. The maximum atomic E-state index is 12.6. The van der Waals surface area contributed by atoms with Gasteiger partial charge in [-0.05, 0) is 25.0 Å². The molecule has 8 nitrogen and oxygen atoms in total. The standard InChI is InChI=1S/C21H21ClN6O2/c1-26-17-11-24-21(27-8-7-23-19(27)14-4-2-5-15(22)10-14)25-20(17)28(12-18(26)29)16-6-3-9-30-13-16/h2,4-5,7-8,10-11,16H,3,6,9,12-13H2,1H3. The number of ether oxygens (including phenoxy) is 1. The second-order valence-corrected chi connectivity index (χ2v) is 7.90. The lowest BCUT2D eigenvalue weighted by molar-refractivity contribution is -0.117. The van der Waals surface area contributed by atoms with Crippen molar-refractivity contribution < 1.29 is 9.53 Å². The molecule has 4 heterocycles. The summed E-state index contributed by atoms with van der Waals surface area (Å²) >= 11 is 6.17. The number of rotatable bonds is 3. The van der Waals surface area contributed by atoms with Crippen LogP contribution in [0.15, 0.2) is 42.9 Å². The molecule has 1 atom stereocenters. The largest absolute Gasteiger partial charge is 0.379 e. The zero-order valence-electron chi connectivity index (χ0n) is 16.5. The van der Waals surface area contributed by atoms with Crippen molar-refractivity contribution in [2.45, 2.75) is 18.9 Å². The van der Waals surface area contributed by atoms with E-state index >= 15 is 0 Å². The third-order valence-corrected chi connectivity index (χ3v) is 5.80. The fourth-order valence-corrected chi connectivity index (χ4v) is 4.15. The van der Waals surface area contributed by atoms with Crippen molar-refractivity contribution in [2.24, 2.45) is 0 Å². The van der Waals surface area contributed by atoms with Gasteiger partial charge in [0.1, 0.15) is 11.5 Å². The number of benzene rings is 1. The van der Waals surface area contributed by atoms with Gasteiger partial charge in [0, 0.05) is 36.6 Å². The number of anilines is 2. The van der Waals surface area contributed by atoms with Crippen LogP contribution < -0.4 is 9.80 Å². The van der Waals surface area contributed by atoms with Crippen LogP contribution in [0.5, 0.6) is 0 Å². The topological polar surface area (TPSA) is 76.4 Å². The molecule has 2 aromatic heterocycles. The molecule has 1 unspecified atom stereocenters. The van der Waals surface area contributed by atoms with Crippen molar-refractivity contribution >= 4 is 29.0 Å². The number of hydrogen-bond acceptors (Lipinski definition) is 6. The molecule has 2 aliphatic heterocycles. The first kappa shape index (κ1) is 19.0. The highest BCUT2D eigenvalue weighted by atomic mass is 35.5. The second kappa shape index (κ2) is 7.70. The van der Waals surface area contributed by atoms with Crippen molar-refractivity contribution in [1.82, 2.24) is 19.5 Å².